The van der Waals surface area contributed by atoms with Crippen LogP contribution < -0.4 is 5.73 Å². The van der Waals surface area contributed by atoms with Crippen molar-refractivity contribution >= 4 is 5.91 Å². The Kier molecular flexibility index (Phi) is 4.18. The Bertz CT molecular complexity index is 173. The highest BCUT2D eigenvalue weighted by atomic mass is 16.5. The summed E-state index contributed by atoms with van der Waals surface area (Å²) in [6, 6.07) is 0. The van der Waals surface area contributed by atoms with Gasteiger partial charge in [-0.25, -0.2) is 0 Å². The Morgan fingerprint density at radius 3 is 3.08 bits per heavy atom. The van der Waals surface area contributed by atoms with Crippen molar-refractivity contribution < 1.29 is 9.53 Å². The molecule has 0 radical (unpaired) electrons. The minimum absolute atomic E-state index is 0.0991. The zero-order valence-electron chi connectivity index (χ0n) is 8.16. The largest absolute Gasteiger partial charge is 0.375 e. The highest BCUT2D eigenvalue weighted by Crippen LogP contribution is 2.18. The molecule has 1 unspecified atom stereocenters. The van der Waals surface area contributed by atoms with E-state index in [1.165, 1.54) is 0 Å². The summed E-state index contributed by atoms with van der Waals surface area (Å²) in [4.78, 5) is 13.2. The molecule has 76 valence electrons. The molecule has 0 aromatic heterocycles. The van der Waals surface area contributed by atoms with Crippen molar-refractivity contribution in [3.8, 4) is 0 Å². The topological polar surface area (TPSA) is 55.6 Å². The molecular weight excluding hydrogens is 168 g/mol. The molecule has 0 spiro atoms. The van der Waals surface area contributed by atoms with Crippen LogP contribution in [-0.4, -0.2) is 44.2 Å². The summed E-state index contributed by atoms with van der Waals surface area (Å²) in [6.07, 6.45) is 2.11. The van der Waals surface area contributed by atoms with Crippen LogP contribution in [0.25, 0.3) is 0 Å². The Morgan fingerprint density at radius 2 is 2.46 bits per heavy atom. The molecule has 4 nitrogen and oxygen atoms in total. The maximum atomic E-state index is 11.4. The van der Waals surface area contributed by atoms with Gasteiger partial charge in [0.15, 0.2) is 0 Å². The monoisotopic (exact) mass is 186 g/mol. The van der Waals surface area contributed by atoms with Crippen LogP contribution in [0.1, 0.15) is 12.8 Å². The Balaban J connectivity index is 2.27. The van der Waals surface area contributed by atoms with E-state index in [9.17, 15) is 4.79 Å². The SMILES string of the molecule is COCC(=O)N1CCC(CCN)C1. The van der Waals surface area contributed by atoms with Gasteiger partial charge in [0.25, 0.3) is 0 Å². The number of carbonyl (C=O) groups is 1. The summed E-state index contributed by atoms with van der Waals surface area (Å²) in [6.45, 7) is 2.65. The molecule has 1 saturated heterocycles. The van der Waals surface area contributed by atoms with E-state index in [1.807, 2.05) is 4.90 Å². The lowest BCUT2D eigenvalue weighted by atomic mass is 10.1. The van der Waals surface area contributed by atoms with Crippen LogP contribution in [-0.2, 0) is 9.53 Å². The maximum Gasteiger partial charge on any atom is 0.248 e. The summed E-state index contributed by atoms with van der Waals surface area (Å²) >= 11 is 0. The zero-order valence-corrected chi connectivity index (χ0v) is 8.16. The third-order valence-corrected chi connectivity index (χ3v) is 2.48. The van der Waals surface area contributed by atoms with E-state index in [4.69, 9.17) is 10.5 Å². The summed E-state index contributed by atoms with van der Waals surface area (Å²) in [5.41, 5.74) is 5.46. The molecule has 1 amide bonds. The van der Waals surface area contributed by atoms with Crippen LogP contribution in [0.15, 0.2) is 0 Å². The van der Waals surface area contributed by atoms with Crippen molar-refractivity contribution in [1.82, 2.24) is 4.90 Å². The summed E-state index contributed by atoms with van der Waals surface area (Å²) in [5, 5.41) is 0. The summed E-state index contributed by atoms with van der Waals surface area (Å²) in [7, 11) is 1.55. The van der Waals surface area contributed by atoms with Crippen LogP contribution in [0.5, 0.6) is 0 Å². The van der Waals surface area contributed by atoms with E-state index in [0.717, 1.165) is 32.5 Å². The Morgan fingerprint density at radius 1 is 1.69 bits per heavy atom. The number of carbonyl (C=O) groups excluding carboxylic acids is 1. The molecule has 0 aromatic carbocycles. The second kappa shape index (κ2) is 5.19. The molecule has 0 saturated carbocycles. The predicted molar refractivity (Wildman–Crippen MR) is 50.2 cm³/mol. The Labute approximate surface area is 79.0 Å². The number of likely N-dealkylation sites (tertiary alicyclic amines) is 1. The van der Waals surface area contributed by atoms with Gasteiger partial charge in [0, 0.05) is 20.2 Å². The first kappa shape index (κ1) is 10.5. The summed E-state index contributed by atoms with van der Waals surface area (Å²) in [5.74, 6) is 0.702. The third kappa shape index (κ3) is 2.97. The molecule has 0 bridgehead atoms. The smallest absolute Gasteiger partial charge is 0.248 e. The predicted octanol–water partition coefficient (Wildman–Crippen LogP) is -0.170. The molecule has 0 aromatic rings. The van der Waals surface area contributed by atoms with Crippen LogP contribution in [0.4, 0.5) is 0 Å². The average Bonchev–Trinajstić information content (AvgIpc) is 2.54. The van der Waals surface area contributed by atoms with Gasteiger partial charge in [-0.15, -0.1) is 0 Å². The molecule has 2 N–H and O–H groups in total. The molecule has 13 heavy (non-hydrogen) atoms. The second-order valence-corrected chi connectivity index (χ2v) is 3.50. The normalized spacial score (nSPS) is 22.3. The lowest BCUT2D eigenvalue weighted by Crippen LogP contribution is -2.31. The van der Waals surface area contributed by atoms with Gasteiger partial charge in [-0.2, -0.15) is 0 Å². The molecule has 1 heterocycles. The number of nitrogens with zero attached hydrogens (tertiary/aromatic N) is 1. The third-order valence-electron chi connectivity index (χ3n) is 2.48. The number of rotatable bonds is 4. The van der Waals surface area contributed by atoms with Crippen LogP contribution >= 0.6 is 0 Å². The number of hydrogen-bond acceptors (Lipinski definition) is 3. The molecule has 1 aliphatic rings. The van der Waals surface area contributed by atoms with Gasteiger partial charge in [0.05, 0.1) is 0 Å². The highest BCUT2D eigenvalue weighted by molar-refractivity contribution is 5.77. The van der Waals surface area contributed by atoms with Gasteiger partial charge >= 0.3 is 0 Å². The van der Waals surface area contributed by atoms with Crippen LogP contribution in [0, 0.1) is 5.92 Å². The van der Waals surface area contributed by atoms with Crippen molar-refractivity contribution in [2.45, 2.75) is 12.8 Å². The first-order valence-corrected chi connectivity index (χ1v) is 4.74. The van der Waals surface area contributed by atoms with Gasteiger partial charge in [0.1, 0.15) is 6.61 Å². The fraction of sp³-hybridized carbons (Fsp3) is 0.889. The number of methoxy groups -OCH3 is 1. The van der Waals surface area contributed by atoms with Crippen molar-refractivity contribution in [2.24, 2.45) is 11.7 Å². The minimum atomic E-state index is 0.0991. The van der Waals surface area contributed by atoms with Gasteiger partial charge < -0.3 is 15.4 Å². The van der Waals surface area contributed by atoms with Crippen molar-refractivity contribution in [2.75, 3.05) is 33.4 Å². The quantitative estimate of drug-likeness (QED) is 0.663. The van der Waals surface area contributed by atoms with Crippen molar-refractivity contribution in [1.29, 1.82) is 0 Å². The molecule has 1 atom stereocenters. The molecule has 1 fully saturated rings. The molecule has 1 aliphatic heterocycles. The fourth-order valence-corrected chi connectivity index (χ4v) is 1.75. The molecule has 1 rings (SSSR count). The minimum Gasteiger partial charge on any atom is -0.375 e. The second-order valence-electron chi connectivity index (χ2n) is 3.50. The zero-order chi connectivity index (χ0) is 9.68. The first-order valence-electron chi connectivity index (χ1n) is 4.74. The Hall–Kier alpha value is -0.610. The first-order chi connectivity index (χ1) is 6.27. The number of amides is 1. The van der Waals surface area contributed by atoms with E-state index in [0.29, 0.717) is 5.92 Å². The van der Waals surface area contributed by atoms with E-state index < -0.39 is 0 Å². The molecule has 4 heteroatoms. The van der Waals surface area contributed by atoms with E-state index in [1.54, 1.807) is 7.11 Å². The highest BCUT2D eigenvalue weighted by Gasteiger charge is 2.24. The lowest BCUT2D eigenvalue weighted by molar-refractivity contribution is -0.134. The van der Waals surface area contributed by atoms with Gasteiger partial charge in [-0.1, -0.05) is 0 Å². The van der Waals surface area contributed by atoms with E-state index in [-0.39, 0.29) is 12.5 Å². The van der Waals surface area contributed by atoms with Gasteiger partial charge in [0.2, 0.25) is 5.91 Å². The number of ether oxygens (including phenoxy) is 1. The average molecular weight is 186 g/mol. The van der Waals surface area contributed by atoms with Gasteiger partial charge in [-0.05, 0) is 25.3 Å². The maximum absolute atomic E-state index is 11.4. The van der Waals surface area contributed by atoms with Gasteiger partial charge in [-0.3, -0.25) is 4.79 Å². The standard InChI is InChI=1S/C9H18N2O2/c1-13-7-9(12)11-5-3-8(6-11)2-4-10/h8H,2-7,10H2,1H3. The van der Waals surface area contributed by atoms with Crippen LogP contribution in [0.2, 0.25) is 0 Å². The fourth-order valence-electron chi connectivity index (χ4n) is 1.75. The number of hydrogen-bond donors (Lipinski definition) is 1. The lowest BCUT2D eigenvalue weighted by Gasteiger charge is -2.15. The van der Waals surface area contributed by atoms with E-state index in [2.05, 4.69) is 0 Å². The van der Waals surface area contributed by atoms with Crippen LogP contribution in [0.3, 0.4) is 0 Å². The van der Waals surface area contributed by atoms with Crippen molar-refractivity contribution in [3.05, 3.63) is 0 Å². The molecular formula is C9H18N2O2. The number of nitrogens with two attached hydrogens (primary N) is 1. The molecule has 0 aliphatic carbocycles. The van der Waals surface area contributed by atoms with Crippen molar-refractivity contribution in [3.63, 3.8) is 0 Å². The van der Waals surface area contributed by atoms with E-state index >= 15 is 0 Å². The summed E-state index contributed by atoms with van der Waals surface area (Å²) < 4.78 is 4.80.